The topological polar surface area (TPSA) is 315 Å². The average molecular weight is 1030 g/mol. The lowest BCUT2D eigenvalue weighted by molar-refractivity contribution is -0.401. The molecule has 0 aromatic carbocycles. The molecule has 31 atom stereocenters. The van der Waals surface area contributed by atoms with Gasteiger partial charge in [-0.1, -0.05) is 39.3 Å². The Balaban J connectivity index is 0.872. The molecule has 72 heavy (non-hydrogen) atoms. The third kappa shape index (κ3) is 9.09. The van der Waals surface area contributed by atoms with Crippen molar-refractivity contribution in [3.8, 4) is 0 Å². The highest BCUT2D eigenvalue weighted by atomic mass is 16.8. The van der Waals surface area contributed by atoms with Crippen LogP contribution in [-0.2, 0) is 47.4 Å². The van der Waals surface area contributed by atoms with Crippen molar-refractivity contribution >= 4 is 0 Å². The first-order chi connectivity index (χ1) is 34.1. The minimum Gasteiger partial charge on any atom is -0.394 e. The summed E-state index contributed by atoms with van der Waals surface area (Å²) in [7, 11) is 0. The highest BCUT2D eigenvalue weighted by Gasteiger charge is 2.69. The van der Waals surface area contributed by atoms with E-state index in [1.54, 1.807) is 0 Å². The lowest BCUT2D eigenvalue weighted by Gasteiger charge is -2.59. The predicted molar refractivity (Wildman–Crippen MR) is 245 cm³/mol. The van der Waals surface area contributed by atoms with E-state index in [2.05, 4.69) is 33.8 Å². The van der Waals surface area contributed by atoms with E-state index in [9.17, 15) is 56.2 Å². The summed E-state index contributed by atoms with van der Waals surface area (Å²) in [5, 5.41) is 120. The Hall–Kier alpha value is -1.10. The van der Waals surface area contributed by atoms with Crippen molar-refractivity contribution < 1.29 is 104 Å². The van der Waals surface area contributed by atoms with Gasteiger partial charge in [0, 0.05) is 12.3 Å². The van der Waals surface area contributed by atoms with Gasteiger partial charge in [0.25, 0.3) is 0 Å². The number of fused-ring (bicyclic) bond motifs is 7. The van der Waals surface area contributed by atoms with Crippen molar-refractivity contribution in [2.24, 2.45) is 46.3 Å². The van der Waals surface area contributed by atoms with E-state index in [1.807, 2.05) is 0 Å². The van der Waals surface area contributed by atoms with Crippen molar-refractivity contribution in [1.82, 2.24) is 0 Å². The fourth-order valence-corrected chi connectivity index (χ4v) is 15.4. The lowest BCUT2D eigenvalue weighted by Crippen LogP contribution is -2.68. The van der Waals surface area contributed by atoms with Gasteiger partial charge in [-0.25, -0.2) is 0 Å². The third-order valence-electron chi connectivity index (χ3n) is 19.8. The second kappa shape index (κ2) is 20.6. The summed E-state index contributed by atoms with van der Waals surface area (Å²) in [4.78, 5) is 0. The van der Waals surface area contributed by atoms with Crippen LogP contribution >= 0.6 is 0 Å². The molecule has 6 aliphatic heterocycles. The molecule has 0 aromatic heterocycles. The van der Waals surface area contributed by atoms with Crippen LogP contribution in [-0.4, -0.2) is 217 Å². The van der Waals surface area contributed by atoms with E-state index < -0.39 is 148 Å². The van der Waals surface area contributed by atoms with Gasteiger partial charge in [-0.3, -0.25) is 0 Å². The van der Waals surface area contributed by atoms with Gasteiger partial charge in [-0.05, 0) is 106 Å². The molecule has 9 fully saturated rings. The molecule has 10 aliphatic rings. The molecule has 3 saturated carbocycles. The van der Waals surface area contributed by atoms with E-state index in [0.29, 0.717) is 48.3 Å². The van der Waals surface area contributed by atoms with E-state index in [4.69, 9.17) is 47.4 Å². The molecule has 0 bridgehead atoms. The van der Waals surface area contributed by atoms with Crippen LogP contribution in [0.2, 0.25) is 0 Å². The first kappa shape index (κ1) is 54.3. The number of hydrogen-bond acceptors (Lipinski definition) is 21. The van der Waals surface area contributed by atoms with E-state index in [-0.39, 0.29) is 16.9 Å². The molecule has 6 heterocycles. The number of rotatable bonds is 10. The first-order valence-corrected chi connectivity index (χ1v) is 26.7. The Morgan fingerprint density at radius 2 is 1.18 bits per heavy atom. The van der Waals surface area contributed by atoms with Crippen LogP contribution in [0.1, 0.15) is 99.3 Å². The van der Waals surface area contributed by atoms with Crippen molar-refractivity contribution in [2.45, 2.75) is 240 Å². The SMILES string of the molecule is CC1CCC2(OC1)OC1CC3C4CC=C5CC(OC6OC(CO)C(OC7OC(CO)C(O)C(O)C7OC7OC(C)C(O)C(O)C7O)C(O)C6OC6OC(C)C(O)C(O)C6O)CCC5(C)C4CCC3(C)C1C2C. The van der Waals surface area contributed by atoms with Gasteiger partial charge in [-0.15, -0.1) is 0 Å². The van der Waals surface area contributed by atoms with Crippen LogP contribution in [0.25, 0.3) is 0 Å². The number of aliphatic hydroxyl groups is 11. The molecule has 0 aromatic rings. The summed E-state index contributed by atoms with van der Waals surface area (Å²) in [5.41, 5.74) is 1.36. The van der Waals surface area contributed by atoms with Crippen LogP contribution in [0.5, 0.6) is 0 Å². The molecule has 11 N–H and O–H groups in total. The van der Waals surface area contributed by atoms with Crippen LogP contribution < -0.4 is 0 Å². The molecule has 21 heteroatoms. The highest BCUT2D eigenvalue weighted by Crippen LogP contribution is 2.71. The van der Waals surface area contributed by atoms with Crippen LogP contribution in [0.3, 0.4) is 0 Å². The van der Waals surface area contributed by atoms with Gasteiger partial charge in [0.05, 0.1) is 44.2 Å². The standard InChI is InChI=1S/C51H82O21/c1-20-9-14-51(63-19-20)21(2)32-29(72-51)16-28-26-8-7-24-15-25(10-12-49(24,5)27(26)11-13-50(28,32)6)66-47-44(71-46-40(61)37(58)34(55)23(4)65-46)41(62)42(31(18-53)68-47)69-48-43(38(59)35(56)30(17-52)67-48)70-45-39(60)36(57)33(54)22(3)64-45/h7,20-23,25-48,52-62H,8-19H2,1-6H3. The van der Waals surface area contributed by atoms with Crippen LogP contribution in [0.4, 0.5) is 0 Å². The van der Waals surface area contributed by atoms with Crippen LogP contribution in [0.15, 0.2) is 11.6 Å². The Morgan fingerprint density at radius 3 is 1.79 bits per heavy atom. The zero-order valence-electron chi connectivity index (χ0n) is 42.2. The zero-order chi connectivity index (χ0) is 51.5. The summed E-state index contributed by atoms with van der Waals surface area (Å²) in [6.07, 6.45) is -21.6. The Bertz CT molecular complexity index is 1910. The van der Waals surface area contributed by atoms with Gasteiger partial charge in [0.1, 0.15) is 85.5 Å². The molecular weight excluding hydrogens is 949 g/mol. The normalized spacial score (nSPS) is 57.8. The molecule has 1 spiro atoms. The van der Waals surface area contributed by atoms with E-state index in [1.165, 1.54) is 19.4 Å². The second-order valence-corrected chi connectivity index (χ2v) is 23.9. The summed E-state index contributed by atoms with van der Waals surface area (Å²) in [5.74, 6) is 2.35. The Morgan fingerprint density at radius 1 is 0.583 bits per heavy atom. The number of ether oxygens (including phenoxy) is 10. The summed E-state index contributed by atoms with van der Waals surface area (Å²) >= 11 is 0. The largest absolute Gasteiger partial charge is 0.394 e. The number of aliphatic hydroxyl groups excluding tert-OH is 11. The predicted octanol–water partition coefficient (Wildman–Crippen LogP) is -0.934. The van der Waals surface area contributed by atoms with Gasteiger partial charge in [-0.2, -0.15) is 0 Å². The zero-order valence-corrected chi connectivity index (χ0v) is 42.2. The highest BCUT2D eigenvalue weighted by molar-refractivity contribution is 5.26. The van der Waals surface area contributed by atoms with Crippen molar-refractivity contribution in [3.05, 3.63) is 11.6 Å². The first-order valence-electron chi connectivity index (χ1n) is 26.7. The monoisotopic (exact) mass is 1030 g/mol. The minimum absolute atomic E-state index is 0.0848. The summed E-state index contributed by atoms with van der Waals surface area (Å²) < 4.78 is 62.5. The minimum atomic E-state index is -1.89. The molecule has 21 nitrogen and oxygen atoms in total. The molecule has 0 radical (unpaired) electrons. The summed E-state index contributed by atoms with van der Waals surface area (Å²) in [6, 6.07) is 0. The molecule has 4 aliphatic carbocycles. The quantitative estimate of drug-likeness (QED) is 0.118. The van der Waals surface area contributed by atoms with E-state index in [0.717, 1.165) is 51.6 Å². The van der Waals surface area contributed by atoms with Crippen molar-refractivity contribution in [1.29, 1.82) is 0 Å². The molecule has 0 amide bonds. The smallest absolute Gasteiger partial charge is 0.187 e. The van der Waals surface area contributed by atoms with Crippen molar-refractivity contribution in [3.63, 3.8) is 0 Å². The van der Waals surface area contributed by atoms with Crippen molar-refractivity contribution in [2.75, 3.05) is 19.8 Å². The second-order valence-electron chi connectivity index (χ2n) is 23.9. The fraction of sp³-hybridized carbons (Fsp3) is 0.961. The lowest BCUT2D eigenvalue weighted by atomic mass is 9.47. The fourth-order valence-electron chi connectivity index (χ4n) is 15.4. The molecule has 6 saturated heterocycles. The molecule has 10 rings (SSSR count). The maximum atomic E-state index is 12.4. The van der Waals surface area contributed by atoms with Crippen LogP contribution in [0, 0.1) is 46.3 Å². The third-order valence-corrected chi connectivity index (χ3v) is 19.8. The molecular formula is C51H82O21. The number of allylic oxidation sites excluding steroid dienone is 1. The maximum Gasteiger partial charge on any atom is 0.187 e. The number of hydrogen-bond donors (Lipinski definition) is 11. The average Bonchev–Trinajstić information content (AvgIpc) is 3.81. The van der Waals surface area contributed by atoms with E-state index >= 15 is 0 Å². The molecule has 31 unspecified atom stereocenters. The molecule has 412 valence electrons. The van der Waals surface area contributed by atoms with Gasteiger partial charge < -0.3 is 104 Å². The van der Waals surface area contributed by atoms with Gasteiger partial charge in [0.2, 0.25) is 0 Å². The Labute approximate surface area is 420 Å². The Kier molecular flexibility index (Phi) is 15.5. The van der Waals surface area contributed by atoms with Gasteiger partial charge >= 0.3 is 0 Å². The summed E-state index contributed by atoms with van der Waals surface area (Å²) in [6.45, 7) is 11.6. The van der Waals surface area contributed by atoms with Gasteiger partial charge in [0.15, 0.2) is 30.9 Å². The maximum absolute atomic E-state index is 12.4.